The van der Waals surface area contributed by atoms with Crippen LogP contribution in [-0.2, 0) is 21.4 Å². The molecule has 120 valence electrons. The lowest BCUT2D eigenvalue weighted by molar-refractivity contribution is 0.184. The van der Waals surface area contributed by atoms with E-state index in [1.165, 1.54) is 0 Å². The number of rotatable bonds is 5. The van der Waals surface area contributed by atoms with Gasteiger partial charge in [-0.3, -0.25) is 0 Å². The number of nitrogens with zero attached hydrogens (tertiary/aromatic N) is 1. The van der Waals surface area contributed by atoms with E-state index in [-0.39, 0.29) is 18.4 Å². The summed E-state index contributed by atoms with van der Waals surface area (Å²) >= 11 is 0. The number of halogens is 1. The molecule has 0 saturated carbocycles. The van der Waals surface area contributed by atoms with Crippen LogP contribution in [-0.4, -0.2) is 39.0 Å². The second-order valence-electron chi connectivity index (χ2n) is 5.08. The molecule has 1 aromatic carbocycles. The third kappa shape index (κ3) is 4.17. The Morgan fingerprint density at radius 2 is 2.14 bits per heavy atom. The number of ether oxygens (including phenoxy) is 1. The highest BCUT2D eigenvalue weighted by Gasteiger charge is 2.32. The lowest BCUT2D eigenvalue weighted by Gasteiger charge is -2.33. The first-order chi connectivity index (χ1) is 9.59. The fourth-order valence-corrected chi connectivity index (χ4v) is 4.40. The SMILES string of the molecule is COCc1cccc(S(=O)(=O)N2CCCCC2CN)c1.Cl. The fraction of sp³-hybridized carbons (Fsp3) is 0.571. The normalized spacial score (nSPS) is 20.0. The summed E-state index contributed by atoms with van der Waals surface area (Å²) in [6.45, 7) is 1.33. The van der Waals surface area contributed by atoms with E-state index < -0.39 is 10.0 Å². The van der Waals surface area contributed by atoms with Crippen molar-refractivity contribution in [1.82, 2.24) is 4.31 Å². The molecule has 0 aromatic heterocycles. The zero-order valence-electron chi connectivity index (χ0n) is 12.2. The van der Waals surface area contributed by atoms with Crippen molar-refractivity contribution in [2.24, 2.45) is 5.73 Å². The zero-order valence-corrected chi connectivity index (χ0v) is 13.8. The molecular weight excluding hydrogens is 312 g/mol. The van der Waals surface area contributed by atoms with Crippen LogP contribution in [0.25, 0.3) is 0 Å². The van der Waals surface area contributed by atoms with Crippen molar-refractivity contribution in [1.29, 1.82) is 0 Å². The number of hydrogen-bond donors (Lipinski definition) is 1. The summed E-state index contributed by atoms with van der Waals surface area (Å²) in [5.74, 6) is 0. The second kappa shape index (κ2) is 8.10. The first kappa shape index (κ1) is 18.4. The van der Waals surface area contributed by atoms with Crippen LogP contribution in [0.3, 0.4) is 0 Å². The van der Waals surface area contributed by atoms with Crippen molar-refractivity contribution in [3.05, 3.63) is 29.8 Å². The number of benzene rings is 1. The van der Waals surface area contributed by atoms with Crippen LogP contribution < -0.4 is 5.73 Å². The maximum Gasteiger partial charge on any atom is 0.243 e. The Morgan fingerprint density at radius 3 is 2.81 bits per heavy atom. The molecule has 5 nitrogen and oxygen atoms in total. The van der Waals surface area contributed by atoms with Gasteiger partial charge >= 0.3 is 0 Å². The molecule has 0 amide bonds. The Bertz CT molecular complexity index is 551. The van der Waals surface area contributed by atoms with Gasteiger partial charge in [-0.25, -0.2) is 8.42 Å². The predicted octanol–water partition coefficient (Wildman–Crippen LogP) is 1.76. The average molecular weight is 335 g/mol. The standard InChI is InChI=1S/C14H22N2O3S.ClH/c1-19-11-12-5-4-7-14(9-12)20(17,18)16-8-3-2-6-13(16)10-15;/h4-5,7,9,13H,2-3,6,8,10-11,15H2,1H3;1H. The van der Waals surface area contributed by atoms with E-state index in [1.54, 1.807) is 29.6 Å². The van der Waals surface area contributed by atoms with E-state index in [0.717, 1.165) is 24.8 Å². The molecule has 21 heavy (non-hydrogen) atoms. The summed E-state index contributed by atoms with van der Waals surface area (Å²) < 4.78 is 32.1. The van der Waals surface area contributed by atoms with Gasteiger partial charge in [-0.05, 0) is 30.5 Å². The first-order valence-corrected chi connectivity index (χ1v) is 8.33. The van der Waals surface area contributed by atoms with Crippen LogP contribution in [0.5, 0.6) is 0 Å². The lowest BCUT2D eigenvalue weighted by atomic mass is 10.1. The predicted molar refractivity (Wildman–Crippen MR) is 85.0 cm³/mol. The third-order valence-electron chi connectivity index (χ3n) is 3.66. The molecule has 0 aliphatic carbocycles. The summed E-state index contributed by atoms with van der Waals surface area (Å²) in [4.78, 5) is 0.326. The molecule has 1 saturated heterocycles. The number of piperidine rings is 1. The third-order valence-corrected chi connectivity index (χ3v) is 5.61. The van der Waals surface area contributed by atoms with Crippen molar-refractivity contribution in [2.45, 2.75) is 36.8 Å². The monoisotopic (exact) mass is 334 g/mol. The maximum absolute atomic E-state index is 12.7. The Labute approximate surface area is 132 Å². The Hall–Kier alpha value is -0.660. The van der Waals surface area contributed by atoms with Gasteiger partial charge in [-0.15, -0.1) is 12.4 Å². The van der Waals surface area contributed by atoms with Gasteiger partial charge in [0.25, 0.3) is 0 Å². The van der Waals surface area contributed by atoms with Crippen LogP contribution in [0, 0.1) is 0 Å². The molecule has 7 heteroatoms. The minimum Gasteiger partial charge on any atom is -0.380 e. The summed E-state index contributed by atoms with van der Waals surface area (Å²) in [5.41, 5.74) is 6.58. The molecule has 1 aliphatic rings. The molecule has 1 unspecified atom stereocenters. The largest absolute Gasteiger partial charge is 0.380 e. The van der Waals surface area contributed by atoms with Crippen LogP contribution in [0.1, 0.15) is 24.8 Å². The summed E-state index contributed by atoms with van der Waals surface area (Å²) in [5, 5.41) is 0. The van der Waals surface area contributed by atoms with Gasteiger partial charge in [-0.1, -0.05) is 18.6 Å². The van der Waals surface area contributed by atoms with Crippen LogP contribution >= 0.6 is 12.4 Å². The van der Waals surface area contributed by atoms with E-state index in [4.69, 9.17) is 10.5 Å². The van der Waals surface area contributed by atoms with Crippen molar-refractivity contribution in [3.8, 4) is 0 Å². The van der Waals surface area contributed by atoms with Gasteiger partial charge in [0, 0.05) is 26.2 Å². The summed E-state index contributed by atoms with van der Waals surface area (Å²) in [7, 11) is -1.87. The van der Waals surface area contributed by atoms with Crippen LogP contribution in [0.15, 0.2) is 29.2 Å². The van der Waals surface area contributed by atoms with Crippen LogP contribution in [0.2, 0.25) is 0 Å². The molecule has 2 rings (SSSR count). The van der Waals surface area contributed by atoms with Gasteiger partial charge in [0.2, 0.25) is 10.0 Å². The maximum atomic E-state index is 12.7. The second-order valence-corrected chi connectivity index (χ2v) is 6.97. The molecule has 1 aliphatic heterocycles. The van der Waals surface area contributed by atoms with Gasteiger partial charge in [0.1, 0.15) is 0 Å². The Morgan fingerprint density at radius 1 is 1.38 bits per heavy atom. The summed E-state index contributed by atoms with van der Waals surface area (Å²) in [6.07, 6.45) is 2.78. The van der Waals surface area contributed by atoms with Crippen molar-refractivity contribution in [2.75, 3.05) is 20.2 Å². The molecular formula is C14H23ClN2O3S. The van der Waals surface area contributed by atoms with E-state index >= 15 is 0 Å². The van der Waals surface area contributed by atoms with E-state index in [9.17, 15) is 8.42 Å². The Kier molecular flexibility index (Phi) is 7.09. The number of nitrogens with two attached hydrogens (primary N) is 1. The number of hydrogen-bond acceptors (Lipinski definition) is 4. The molecule has 1 aromatic rings. The van der Waals surface area contributed by atoms with Gasteiger partial charge in [0.15, 0.2) is 0 Å². The van der Waals surface area contributed by atoms with E-state index in [0.29, 0.717) is 24.6 Å². The minimum atomic E-state index is -3.47. The van der Waals surface area contributed by atoms with Crippen molar-refractivity contribution in [3.63, 3.8) is 0 Å². The minimum absolute atomic E-state index is 0. The smallest absolute Gasteiger partial charge is 0.243 e. The molecule has 0 bridgehead atoms. The van der Waals surface area contributed by atoms with E-state index in [1.807, 2.05) is 6.07 Å². The van der Waals surface area contributed by atoms with Gasteiger partial charge in [0.05, 0.1) is 11.5 Å². The average Bonchev–Trinajstić information content (AvgIpc) is 2.48. The van der Waals surface area contributed by atoms with Crippen molar-refractivity contribution < 1.29 is 13.2 Å². The highest BCUT2D eigenvalue weighted by atomic mass is 35.5. The molecule has 1 heterocycles. The highest BCUT2D eigenvalue weighted by molar-refractivity contribution is 7.89. The lowest BCUT2D eigenvalue weighted by Crippen LogP contribution is -2.47. The molecule has 0 radical (unpaired) electrons. The molecule has 1 atom stereocenters. The highest BCUT2D eigenvalue weighted by Crippen LogP contribution is 2.25. The van der Waals surface area contributed by atoms with Crippen molar-refractivity contribution >= 4 is 22.4 Å². The zero-order chi connectivity index (χ0) is 14.6. The molecule has 0 spiro atoms. The van der Waals surface area contributed by atoms with E-state index in [2.05, 4.69) is 0 Å². The number of sulfonamides is 1. The first-order valence-electron chi connectivity index (χ1n) is 6.89. The molecule has 1 fully saturated rings. The Balaban J connectivity index is 0.00000220. The van der Waals surface area contributed by atoms with Gasteiger partial charge in [-0.2, -0.15) is 4.31 Å². The summed E-state index contributed by atoms with van der Waals surface area (Å²) in [6, 6.07) is 6.85. The fourth-order valence-electron chi connectivity index (χ4n) is 2.62. The number of methoxy groups -OCH3 is 1. The topological polar surface area (TPSA) is 72.6 Å². The van der Waals surface area contributed by atoms with Gasteiger partial charge < -0.3 is 10.5 Å². The quantitative estimate of drug-likeness (QED) is 0.890. The molecule has 2 N–H and O–H groups in total. The van der Waals surface area contributed by atoms with Crippen LogP contribution in [0.4, 0.5) is 0 Å².